The lowest BCUT2D eigenvalue weighted by molar-refractivity contribution is 0.0951. The smallest absolute Gasteiger partial charge is 0.251 e. The predicted molar refractivity (Wildman–Crippen MR) is 148 cm³/mol. The van der Waals surface area contributed by atoms with Gasteiger partial charge in [0.1, 0.15) is 17.4 Å². The number of likely N-dealkylation sites (N-methyl/N-ethyl adjacent to an activating group) is 2. The number of carbonyl (C=O) groups is 1. The Hall–Kier alpha value is -3.98. The molecule has 38 heavy (non-hydrogen) atoms. The van der Waals surface area contributed by atoms with Crippen LogP contribution in [0.25, 0.3) is 22.0 Å². The van der Waals surface area contributed by atoms with Gasteiger partial charge in [0.2, 0.25) is 0 Å². The zero-order valence-corrected chi connectivity index (χ0v) is 22.1. The number of nitrogens with one attached hydrogen (secondary N) is 2. The number of rotatable bonds is 8. The van der Waals surface area contributed by atoms with Crippen LogP contribution in [-0.4, -0.2) is 77.9 Å². The lowest BCUT2D eigenvalue weighted by Gasteiger charge is -2.27. The van der Waals surface area contributed by atoms with Crippen molar-refractivity contribution in [3.63, 3.8) is 0 Å². The van der Waals surface area contributed by atoms with Crippen molar-refractivity contribution in [2.24, 2.45) is 0 Å². The summed E-state index contributed by atoms with van der Waals surface area (Å²) in [6, 6.07) is 12.3. The van der Waals surface area contributed by atoms with E-state index in [4.69, 9.17) is 14.7 Å². The molecule has 1 unspecified atom stereocenters. The summed E-state index contributed by atoms with van der Waals surface area (Å²) in [6.45, 7) is 2.24. The van der Waals surface area contributed by atoms with E-state index < -0.39 is 0 Å². The normalized spacial score (nSPS) is 16.8. The molecule has 0 saturated heterocycles. The van der Waals surface area contributed by atoms with Crippen molar-refractivity contribution < 1.29 is 9.53 Å². The van der Waals surface area contributed by atoms with Crippen LogP contribution in [0.3, 0.4) is 0 Å². The second kappa shape index (κ2) is 10.1. The zero-order valence-electron chi connectivity index (χ0n) is 22.1. The largest absolute Gasteiger partial charge is 0.493 e. The van der Waals surface area contributed by atoms with E-state index in [0.717, 1.165) is 77.3 Å². The van der Waals surface area contributed by atoms with Gasteiger partial charge in [-0.3, -0.25) is 9.89 Å². The first-order valence-corrected chi connectivity index (χ1v) is 13.2. The molecule has 0 spiro atoms. The molecule has 1 amide bonds. The zero-order chi connectivity index (χ0) is 26.2. The molecule has 9 nitrogen and oxygen atoms in total. The minimum Gasteiger partial charge on any atom is -0.493 e. The minimum absolute atomic E-state index is 0.0109. The van der Waals surface area contributed by atoms with Crippen LogP contribution in [-0.2, 0) is 6.42 Å². The highest BCUT2D eigenvalue weighted by Gasteiger charge is 2.28. The van der Waals surface area contributed by atoms with Crippen LogP contribution in [0.5, 0.6) is 5.75 Å². The number of ether oxygens (including phenoxy) is 1. The Balaban J connectivity index is 1.34. The van der Waals surface area contributed by atoms with Gasteiger partial charge in [0.15, 0.2) is 0 Å². The SMILES string of the molecule is CN(C)CCN(C)c1nc(C2COc3ccc(C(=O)NC4CC4)cc3C2)nc2ccc(-c3cn[nH]c3)cc12. The highest BCUT2D eigenvalue weighted by molar-refractivity contribution is 5.95. The van der Waals surface area contributed by atoms with E-state index in [1.54, 1.807) is 0 Å². The van der Waals surface area contributed by atoms with Crippen LogP contribution in [0.1, 0.15) is 40.5 Å². The number of anilines is 1. The maximum Gasteiger partial charge on any atom is 0.251 e. The first kappa shape index (κ1) is 24.4. The van der Waals surface area contributed by atoms with Gasteiger partial charge in [0.25, 0.3) is 5.91 Å². The molecule has 0 bridgehead atoms. The molecule has 0 radical (unpaired) electrons. The van der Waals surface area contributed by atoms with Crippen LogP contribution in [0, 0.1) is 0 Å². The Kier molecular flexibility index (Phi) is 6.45. The van der Waals surface area contributed by atoms with Gasteiger partial charge >= 0.3 is 0 Å². The molecule has 3 heterocycles. The van der Waals surface area contributed by atoms with Crippen molar-refractivity contribution >= 4 is 22.6 Å². The molecular formula is C29H33N7O2. The van der Waals surface area contributed by atoms with E-state index in [0.29, 0.717) is 18.2 Å². The lowest BCUT2D eigenvalue weighted by atomic mass is 9.94. The summed E-state index contributed by atoms with van der Waals surface area (Å²) in [5.74, 6) is 2.47. The summed E-state index contributed by atoms with van der Waals surface area (Å²) in [4.78, 5) is 27.1. The molecule has 1 atom stereocenters. The number of nitrogens with zero attached hydrogens (tertiary/aromatic N) is 5. The van der Waals surface area contributed by atoms with Crippen LogP contribution in [0.2, 0.25) is 0 Å². The molecule has 2 N–H and O–H groups in total. The molecule has 1 fully saturated rings. The number of fused-ring (bicyclic) bond motifs is 2. The van der Waals surface area contributed by atoms with E-state index in [1.165, 1.54) is 0 Å². The summed E-state index contributed by atoms with van der Waals surface area (Å²) >= 11 is 0. The molecule has 1 aliphatic carbocycles. The molecule has 2 aromatic carbocycles. The standard InChI is InChI=1S/C29H33N7O2/c1-35(2)10-11-36(3)28-24-14-18(22-15-30-31-16-22)4-8-25(24)33-27(34-28)21-13-20-12-19(5-9-26(20)38-17-21)29(37)32-23-6-7-23/h4-5,8-9,12,14-16,21,23H,6-7,10-11,13,17H2,1-3H3,(H,30,31)(H,32,37). The molecule has 196 valence electrons. The fourth-order valence-electron chi connectivity index (χ4n) is 4.85. The van der Waals surface area contributed by atoms with Crippen LogP contribution >= 0.6 is 0 Å². The van der Waals surface area contributed by atoms with Gasteiger partial charge in [-0.05, 0) is 74.8 Å². The molecule has 1 aliphatic heterocycles. The van der Waals surface area contributed by atoms with Crippen molar-refractivity contribution in [2.75, 3.05) is 45.7 Å². The van der Waals surface area contributed by atoms with Gasteiger partial charge < -0.3 is 19.9 Å². The number of hydrogen-bond donors (Lipinski definition) is 2. The molecule has 2 aromatic heterocycles. The molecular weight excluding hydrogens is 478 g/mol. The van der Waals surface area contributed by atoms with E-state index >= 15 is 0 Å². The molecule has 2 aliphatic rings. The Morgan fingerprint density at radius 1 is 1.08 bits per heavy atom. The summed E-state index contributed by atoms with van der Waals surface area (Å²) in [5, 5.41) is 11.1. The Morgan fingerprint density at radius 3 is 2.71 bits per heavy atom. The summed E-state index contributed by atoms with van der Waals surface area (Å²) < 4.78 is 6.14. The summed E-state index contributed by atoms with van der Waals surface area (Å²) in [7, 11) is 6.23. The van der Waals surface area contributed by atoms with Crippen LogP contribution in [0.15, 0.2) is 48.8 Å². The second-order valence-corrected chi connectivity index (χ2v) is 10.6. The molecule has 6 rings (SSSR count). The maximum atomic E-state index is 12.6. The number of aromatic amines is 1. The first-order valence-electron chi connectivity index (χ1n) is 13.2. The van der Waals surface area contributed by atoms with Gasteiger partial charge in [-0.1, -0.05) is 6.07 Å². The summed E-state index contributed by atoms with van der Waals surface area (Å²) in [5.41, 5.74) is 4.69. The van der Waals surface area contributed by atoms with E-state index in [1.807, 2.05) is 30.6 Å². The highest BCUT2D eigenvalue weighted by atomic mass is 16.5. The third-order valence-electron chi connectivity index (χ3n) is 7.28. The number of hydrogen-bond acceptors (Lipinski definition) is 7. The molecule has 9 heteroatoms. The number of H-pyrrole nitrogens is 1. The van der Waals surface area contributed by atoms with Gasteiger partial charge in [0.05, 0.1) is 24.2 Å². The Bertz CT molecular complexity index is 1460. The second-order valence-electron chi connectivity index (χ2n) is 10.6. The van der Waals surface area contributed by atoms with Crippen molar-refractivity contribution in [1.29, 1.82) is 0 Å². The van der Waals surface area contributed by atoms with Crippen molar-refractivity contribution in [2.45, 2.75) is 31.2 Å². The minimum atomic E-state index is -0.0161. The Morgan fingerprint density at radius 2 is 1.95 bits per heavy atom. The Labute approximate surface area is 222 Å². The van der Waals surface area contributed by atoms with Gasteiger partial charge in [-0.15, -0.1) is 0 Å². The number of amides is 1. The fourth-order valence-corrected chi connectivity index (χ4v) is 4.85. The number of carbonyl (C=O) groups excluding carboxylic acids is 1. The number of benzene rings is 2. The number of aromatic nitrogens is 4. The average Bonchev–Trinajstić information content (AvgIpc) is 3.57. The summed E-state index contributed by atoms with van der Waals surface area (Å²) in [6.07, 6.45) is 6.56. The van der Waals surface area contributed by atoms with Crippen LogP contribution < -0.4 is 15.0 Å². The quantitative estimate of drug-likeness (QED) is 0.373. The van der Waals surface area contributed by atoms with Gasteiger partial charge in [-0.25, -0.2) is 9.97 Å². The van der Waals surface area contributed by atoms with Crippen molar-refractivity contribution in [1.82, 2.24) is 30.4 Å². The monoisotopic (exact) mass is 511 g/mol. The topological polar surface area (TPSA) is 99.3 Å². The van der Waals surface area contributed by atoms with Crippen molar-refractivity contribution in [3.05, 3.63) is 65.7 Å². The fraction of sp³-hybridized carbons (Fsp3) is 0.379. The third kappa shape index (κ3) is 5.06. The molecule has 1 saturated carbocycles. The first-order chi connectivity index (χ1) is 18.4. The van der Waals surface area contributed by atoms with Crippen molar-refractivity contribution in [3.8, 4) is 16.9 Å². The predicted octanol–water partition coefficient (Wildman–Crippen LogP) is 3.63. The third-order valence-corrected chi connectivity index (χ3v) is 7.28. The van der Waals surface area contributed by atoms with Crippen LogP contribution in [0.4, 0.5) is 5.82 Å². The van der Waals surface area contributed by atoms with E-state index in [-0.39, 0.29) is 11.8 Å². The van der Waals surface area contributed by atoms with E-state index in [2.05, 4.69) is 64.7 Å². The highest BCUT2D eigenvalue weighted by Crippen LogP contribution is 2.35. The van der Waals surface area contributed by atoms with Gasteiger partial charge in [-0.2, -0.15) is 5.10 Å². The van der Waals surface area contributed by atoms with Gasteiger partial charge in [0, 0.05) is 48.9 Å². The lowest BCUT2D eigenvalue weighted by Crippen LogP contribution is -2.30. The van der Waals surface area contributed by atoms with E-state index in [9.17, 15) is 4.79 Å². The molecule has 4 aromatic rings. The maximum absolute atomic E-state index is 12.6. The average molecular weight is 512 g/mol.